The van der Waals surface area contributed by atoms with Crippen LogP contribution in [0.25, 0.3) is 0 Å². The lowest BCUT2D eigenvalue weighted by molar-refractivity contribution is 0.384. The third-order valence-electron chi connectivity index (χ3n) is 3.96. The first-order valence-corrected chi connectivity index (χ1v) is 7.77. The van der Waals surface area contributed by atoms with Crippen LogP contribution in [0.2, 0.25) is 0 Å². The van der Waals surface area contributed by atoms with Gasteiger partial charge in [-0.2, -0.15) is 0 Å². The van der Waals surface area contributed by atoms with Crippen molar-refractivity contribution in [1.29, 1.82) is 0 Å². The van der Waals surface area contributed by atoms with Crippen LogP contribution >= 0.6 is 0 Å². The standard InChI is InChI=1S/C15H26N4O/c1-3-8-19-11-7-17-14(15(19)20)18-9-5-13(6-10-18)12-16-4-2/h7,11,13,16H,3-6,8-10,12H2,1-2H3. The summed E-state index contributed by atoms with van der Waals surface area (Å²) >= 11 is 0. The van der Waals surface area contributed by atoms with Gasteiger partial charge in [-0.05, 0) is 38.3 Å². The van der Waals surface area contributed by atoms with Crippen molar-refractivity contribution in [2.75, 3.05) is 31.1 Å². The monoisotopic (exact) mass is 278 g/mol. The van der Waals surface area contributed by atoms with Crippen LogP contribution in [0.1, 0.15) is 33.1 Å². The number of nitrogens with zero attached hydrogens (tertiary/aromatic N) is 3. The molecule has 1 aromatic rings. The largest absolute Gasteiger partial charge is 0.352 e. The highest BCUT2D eigenvalue weighted by molar-refractivity contribution is 5.36. The fourth-order valence-electron chi connectivity index (χ4n) is 2.77. The maximum atomic E-state index is 12.4. The summed E-state index contributed by atoms with van der Waals surface area (Å²) in [6.07, 6.45) is 6.77. The molecule has 1 N–H and O–H groups in total. The van der Waals surface area contributed by atoms with Gasteiger partial charge in [0.2, 0.25) is 0 Å². The molecule has 5 heteroatoms. The average Bonchev–Trinajstić information content (AvgIpc) is 2.48. The molecule has 0 aromatic carbocycles. The maximum absolute atomic E-state index is 12.4. The van der Waals surface area contributed by atoms with Gasteiger partial charge in [0, 0.05) is 32.0 Å². The summed E-state index contributed by atoms with van der Waals surface area (Å²) in [6, 6.07) is 0. The molecule has 1 fully saturated rings. The molecule has 112 valence electrons. The third kappa shape index (κ3) is 3.60. The number of hydrogen-bond acceptors (Lipinski definition) is 4. The average molecular weight is 278 g/mol. The fourth-order valence-corrected chi connectivity index (χ4v) is 2.77. The van der Waals surface area contributed by atoms with Gasteiger partial charge in [-0.25, -0.2) is 4.98 Å². The molecule has 0 atom stereocenters. The second-order valence-corrected chi connectivity index (χ2v) is 5.49. The summed E-state index contributed by atoms with van der Waals surface area (Å²) in [5, 5.41) is 3.41. The minimum absolute atomic E-state index is 0.0551. The summed E-state index contributed by atoms with van der Waals surface area (Å²) in [5.74, 6) is 1.36. The maximum Gasteiger partial charge on any atom is 0.293 e. The Kier molecular flexibility index (Phi) is 5.59. The van der Waals surface area contributed by atoms with Crippen LogP contribution in [0, 0.1) is 5.92 Å². The molecular formula is C15H26N4O. The molecule has 2 rings (SSSR count). The Labute approximate surface area is 121 Å². The first kappa shape index (κ1) is 15.0. The first-order valence-electron chi connectivity index (χ1n) is 7.77. The molecule has 1 aliphatic rings. The topological polar surface area (TPSA) is 50.2 Å². The van der Waals surface area contributed by atoms with E-state index < -0.39 is 0 Å². The second-order valence-electron chi connectivity index (χ2n) is 5.49. The van der Waals surface area contributed by atoms with Crippen LogP contribution < -0.4 is 15.8 Å². The van der Waals surface area contributed by atoms with Crippen molar-refractivity contribution in [3.63, 3.8) is 0 Å². The van der Waals surface area contributed by atoms with E-state index in [0.29, 0.717) is 5.82 Å². The van der Waals surface area contributed by atoms with Gasteiger partial charge >= 0.3 is 0 Å². The molecule has 5 nitrogen and oxygen atoms in total. The van der Waals surface area contributed by atoms with E-state index in [4.69, 9.17) is 0 Å². The van der Waals surface area contributed by atoms with Gasteiger partial charge in [0.25, 0.3) is 5.56 Å². The van der Waals surface area contributed by atoms with Crippen LogP contribution in [0.5, 0.6) is 0 Å². The Morgan fingerprint density at radius 1 is 1.35 bits per heavy atom. The van der Waals surface area contributed by atoms with E-state index >= 15 is 0 Å². The van der Waals surface area contributed by atoms with Crippen molar-refractivity contribution in [1.82, 2.24) is 14.9 Å². The molecule has 0 saturated carbocycles. The zero-order valence-corrected chi connectivity index (χ0v) is 12.6. The second kappa shape index (κ2) is 7.43. The molecule has 0 bridgehead atoms. The van der Waals surface area contributed by atoms with Crippen molar-refractivity contribution in [2.24, 2.45) is 5.92 Å². The smallest absolute Gasteiger partial charge is 0.293 e. The van der Waals surface area contributed by atoms with Crippen molar-refractivity contribution in [3.05, 3.63) is 22.7 Å². The summed E-state index contributed by atoms with van der Waals surface area (Å²) in [5.41, 5.74) is 0.0551. The highest BCUT2D eigenvalue weighted by Gasteiger charge is 2.21. The van der Waals surface area contributed by atoms with Crippen molar-refractivity contribution in [2.45, 2.75) is 39.7 Å². The number of anilines is 1. The van der Waals surface area contributed by atoms with Gasteiger partial charge in [-0.1, -0.05) is 13.8 Å². The zero-order chi connectivity index (χ0) is 14.4. The predicted octanol–water partition coefficient (Wildman–Crippen LogP) is 1.48. The van der Waals surface area contributed by atoms with Gasteiger partial charge in [0.1, 0.15) is 0 Å². The van der Waals surface area contributed by atoms with Crippen LogP contribution in [-0.4, -0.2) is 35.7 Å². The number of nitrogens with one attached hydrogen (secondary N) is 1. The van der Waals surface area contributed by atoms with Gasteiger partial charge in [-0.3, -0.25) is 4.79 Å². The molecule has 1 aliphatic heterocycles. The fraction of sp³-hybridized carbons (Fsp3) is 0.733. The van der Waals surface area contributed by atoms with Crippen LogP contribution in [0.15, 0.2) is 17.2 Å². The SMILES string of the molecule is CCCn1ccnc(N2CCC(CNCC)CC2)c1=O. The van der Waals surface area contributed by atoms with Crippen molar-refractivity contribution >= 4 is 5.82 Å². The zero-order valence-electron chi connectivity index (χ0n) is 12.6. The lowest BCUT2D eigenvalue weighted by Crippen LogP contribution is -2.41. The van der Waals surface area contributed by atoms with E-state index in [2.05, 4.69) is 29.0 Å². The van der Waals surface area contributed by atoms with E-state index in [9.17, 15) is 4.79 Å². The molecule has 1 aromatic heterocycles. The highest BCUT2D eigenvalue weighted by atomic mass is 16.1. The summed E-state index contributed by atoms with van der Waals surface area (Å²) < 4.78 is 1.77. The summed E-state index contributed by atoms with van der Waals surface area (Å²) in [6.45, 7) is 8.99. The van der Waals surface area contributed by atoms with Gasteiger partial charge in [-0.15, -0.1) is 0 Å². The van der Waals surface area contributed by atoms with Crippen LogP contribution in [-0.2, 0) is 6.54 Å². The van der Waals surface area contributed by atoms with E-state index in [1.54, 1.807) is 17.0 Å². The minimum Gasteiger partial charge on any atom is -0.352 e. The van der Waals surface area contributed by atoms with Crippen molar-refractivity contribution < 1.29 is 0 Å². The summed E-state index contributed by atoms with van der Waals surface area (Å²) in [7, 11) is 0. The molecule has 2 heterocycles. The quantitative estimate of drug-likeness (QED) is 0.856. The Bertz CT molecular complexity index is 463. The Morgan fingerprint density at radius 3 is 2.75 bits per heavy atom. The van der Waals surface area contributed by atoms with Gasteiger partial charge in [0.05, 0.1) is 0 Å². The summed E-state index contributed by atoms with van der Waals surface area (Å²) in [4.78, 5) is 18.8. The molecule has 0 amide bonds. The molecule has 0 unspecified atom stereocenters. The van der Waals surface area contributed by atoms with E-state index in [1.165, 1.54) is 0 Å². The molecule has 0 aliphatic carbocycles. The van der Waals surface area contributed by atoms with E-state index in [1.807, 2.05) is 0 Å². The molecule has 20 heavy (non-hydrogen) atoms. The Balaban J connectivity index is 2.00. The molecule has 0 radical (unpaired) electrons. The number of aryl methyl sites for hydroxylation is 1. The third-order valence-corrected chi connectivity index (χ3v) is 3.96. The molecule has 0 spiro atoms. The Morgan fingerprint density at radius 2 is 2.10 bits per heavy atom. The van der Waals surface area contributed by atoms with Crippen LogP contribution in [0.3, 0.4) is 0 Å². The number of aromatic nitrogens is 2. The van der Waals surface area contributed by atoms with Gasteiger partial charge < -0.3 is 14.8 Å². The van der Waals surface area contributed by atoms with E-state index in [0.717, 1.165) is 57.9 Å². The first-order chi connectivity index (χ1) is 9.76. The number of hydrogen-bond donors (Lipinski definition) is 1. The number of rotatable bonds is 6. The Hall–Kier alpha value is -1.36. The molecule has 1 saturated heterocycles. The molecular weight excluding hydrogens is 252 g/mol. The normalized spacial score (nSPS) is 16.6. The van der Waals surface area contributed by atoms with E-state index in [-0.39, 0.29) is 5.56 Å². The van der Waals surface area contributed by atoms with Crippen molar-refractivity contribution in [3.8, 4) is 0 Å². The lowest BCUT2D eigenvalue weighted by atomic mass is 9.97. The highest BCUT2D eigenvalue weighted by Crippen LogP contribution is 2.19. The lowest BCUT2D eigenvalue weighted by Gasteiger charge is -2.32. The minimum atomic E-state index is 0.0551. The predicted molar refractivity (Wildman–Crippen MR) is 82.3 cm³/mol. The van der Waals surface area contributed by atoms with Crippen LogP contribution in [0.4, 0.5) is 5.82 Å². The van der Waals surface area contributed by atoms with Gasteiger partial charge in [0.15, 0.2) is 5.82 Å². The number of piperidine rings is 1.